The van der Waals surface area contributed by atoms with Crippen LogP contribution in [0.1, 0.15) is 0 Å². The summed E-state index contributed by atoms with van der Waals surface area (Å²) in [6.07, 6.45) is 4.90. The van der Waals surface area contributed by atoms with Crippen molar-refractivity contribution in [3.05, 3.63) is 24.3 Å². The van der Waals surface area contributed by atoms with E-state index >= 15 is 0 Å². The van der Waals surface area contributed by atoms with Crippen LogP contribution in [0, 0.1) is 5.82 Å². The van der Waals surface area contributed by atoms with Gasteiger partial charge in [-0.2, -0.15) is 0 Å². The highest BCUT2D eigenvalue weighted by molar-refractivity contribution is 8.75. The van der Waals surface area contributed by atoms with Gasteiger partial charge in [-0.3, -0.25) is 4.98 Å². The van der Waals surface area contributed by atoms with Crippen LogP contribution in [0.3, 0.4) is 0 Å². The highest BCUT2D eigenvalue weighted by Gasteiger charge is 2.28. The van der Waals surface area contributed by atoms with E-state index in [1.807, 2.05) is 6.26 Å². The Morgan fingerprint density at radius 1 is 1.53 bits per heavy atom. The standard InChI is InChI=1S/C9H11FN2OS2/c1-14-15-12-5-9(6-12)13-8-2-7(10)3-11-4-8/h2-4,9H,5-6H2,1H3. The van der Waals surface area contributed by atoms with Gasteiger partial charge < -0.3 is 4.74 Å². The van der Waals surface area contributed by atoms with E-state index in [-0.39, 0.29) is 11.9 Å². The molecule has 0 aromatic carbocycles. The highest BCUT2D eigenvalue weighted by atomic mass is 33.1. The third-order valence-corrected chi connectivity index (χ3v) is 3.71. The first-order chi connectivity index (χ1) is 7.28. The van der Waals surface area contributed by atoms with Crippen molar-refractivity contribution in [3.63, 3.8) is 0 Å². The molecule has 0 spiro atoms. The van der Waals surface area contributed by atoms with Gasteiger partial charge in [0.25, 0.3) is 0 Å². The van der Waals surface area contributed by atoms with E-state index in [0.29, 0.717) is 5.75 Å². The molecule has 6 heteroatoms. The van der Waals surface area contributed by atoms with Gasteiger partial charge in [-0.1, -0.05) is 10.8 Å². The summed E-state index contributed by atoms with van der Waals surface area (Å²) >= 11 is 0. The minimum atomic E-state index is -0.359. The lowest BCUT2D eigenvalue weighted by atomic mass is 10.2. The van der Waals surface area contributed by atoms with Gasteiger partial charge in [0.15, 0.2) is 0 Å². The normalized spacial score (nSPS) is 17.5. The number of ether oxygens (including phenoxy) is 1. The molecule has 0 aliphatic carbocycles. The molecule has 0 unspecified atom stereocenters. The Hall–Kier alpha value is -0.460. The summed E-state index contributed by atoms with van der Waals surface area (Å²) in [5.41, 5.74) is 0. The fraction of sp³-hybridized carbons (Fsp3) is 0.444. The monoisotopic (exact) mass is 246 g/mol. The van der Waals surface area contributed by atoms with Gasteiger partial charge in [-0.15, -0.1) is 0 Å². The van der Waals surface area contributed by atoms with E-state index in [1.165, 1.54) is 18.5 Å². The maximum Gasteiger partial charge on any atom is 0.145 e. The summed E-state index contributed by atoms with van der Waals surface area (Å²) in [5, 5.41) is 0. The zero-order valence-corrected chi connectivity index (χ0v) is 9.85. The largest absolute Gasteiger partial charge is 0.486 e. The van der Waals surface area contributed by atoms with Crippen molar-refractivity contribution in [1.82, 2.24) is 9.29 Å². The number of hydrogen-bond acceptors (Lipinski definition) is 5. The lowest BCUT2D eigenvalue weighted by Gasteiger charge is -2.36. The van der Waals surface area contributed by atoms with E-state index in [9.17, 15) is 4.39 Å². The van der Waals surface area contributed by atoms with Gasteiger partial charge in [0.2, 0.25) is 0 Å². The third-order valence-electron chi connectivity index (χ3n) is 1.98. The minimum absolute atomic E-state index is 0.160. The zero-order chi connectivity index (χ0) is 10.7. The van der Waals surface area contributed by atoms with Crippen LogP contribution in [0.15, 0.2) is 18.5 Å². The molecule has 0 N–H and O–H groups in total. The molecule has 0 radical (unpaired) electrons. The topological polar surface area (TPSA) is 25.4 Å². The number of hydrogen-bond donors (Lipinski definition) is 0. The van der Waals surface area contributed by atoms with Crippen molar-refractivity contribution in [2.24, 2.45) is 0 Å². The molecule has 1 aliphatic rings. The first-order valence-corrected chi connectivity index (χ1v) is 7.02. The quantitative estimate of drug-likeness (QED) is 0.599. The second kappa shape index (κ2) is 5.05. The Morgan fingerprint density at radius 3 is 3.00 bits per heavy atom. The van der Waals surface area contributed by atoms with Crippen LogP contribution in [0.4, 0.5) is 4.39 Å². The van der Waals surface area contributed by atoms with Gasteiger partial charge in [0.05, 0.1) is 12.4 Å². The maximum atomic E-state index is 12.8. The zero-order valence-electron chi connectivity index (χ0n) is 8.22. The highest BCUT2D eigenvalue weighted by Crippen LogP contribution is 2.29. The lowest BCUT2D eigenvalue weighted by molar-refractivity contribution is 0.0841. The molecule has 2 heterocycles. The maximum absolute atomic E-state index is 12.8. The van der Waals surface area contributed by atoms with Gasteiger partial charge in [-0.25, -0.2) is 8.70 Å². The van der Waals surface area contributed by atoms with Crippen LogP contribution in [0.25, 0.3) is 0 Å². The Labute approximate surface area is 95.9 Å². The molecule has 1 aromatic heterocycles. The molecule has 1 fully saturated rings. The van der Waals surface area contributed by atoms with Crippen molar-refractivity contribution in [2.75, 3.05) is 19.3 Å². The molecule has 15 heavy (non-hydrogen) atoms. The van der Waals surface area contributed by atoms with Gasteiger partial charge in [-0.05, 0) is 17.2 Å². The number of nitrogens with zero attached hydrogens (tertiary/aromatic N) is 2. The molecule has 0 saturated carbocycles. The van der Waals surface area contributed by atoms with Crippen molar-refractivity contribution in [1.29, 1.82) is 0 Å². The minimum Gasteiger partial charge on any atom is -0.486 e. The summed E-state index contributed by atoms with van der Waals surface area (Å²) in [6.45, 7) is 1.75. The summed E-state index contributed by atoms with van der Waals surface area (Å²) in [4.78, 5) is 3.73. The lowest BCUT2D eigenvalue weighted by Crippen LogP contribution is -2.49. The third kappa shape index (κ3) is 2.99. The Morgan fingerprint density at radius 2 is 2.33 bits per heavy atom. The molecule has 0 atom stereocenters. The Balaban J connectivity index is 1.80. The summed E-state index contributed by atoms with van der Waals surface area (Å²) < 4.78 is 20.5. The predicted molar refractivity (Wildman–Crippen MR) is 61.3 cm³/mol. The fourth-order valence-corrected chi connectivity index (χ4v) is 2.95. The summed E-state index contributed by atoms with van der Waals surface area (Å²) in [5.74, 6) is 0.149. The first-order valence-electron chi connectivity index (χ1n) is 4.51. The van der Waals surface area contributed by atoms with Crippen molar-refractivity contribution >= 4 is 21.8 Å². The molecular weight excluding hydrogens is 235 g/mol. The van der Waals surface area contributed by atoms with Crippen LogP contribution in [0.5, 0.6) is 5.75 Å². The number of rotatable bonds is 4. The van der Waals surface area contributed by atoms with Crippen LogP contribution >= 0.6 is 21.8 Å². The molecule has 1 aromatic rings. The average Bonchev–Trinajstić information content (AvgIpc) is 2.15. The summed E-state index contributed by atoms with van der Waals surface area (Å²) in [6, 6.07) is 1.36. The van der Waals surface area contributed by atoms with Crippen LogP contribution in [-0.4, -0.2) is 34.7 Å². The second-order valence-corrected chi connectivity index (χ2v) is 5.61. The van der Waals surface area contributed by atoms with Gasteiger partial charge >= 0.3 is 0 Å². The number of aromatic nitrogens is 1. The predicted octanol–water partition coefficient (Wildman–Crippen LogP) is 2.21. The van der Waals surface area contributed by atoms with Crippen molar-refractivity contribution in [2.45, 2.75) is 6.10 Å². The molecule has 0 amide bonds. The number of pyridine rings is 1. The molecule has 1 aliphatic heterocycles. The van der Waals surface area contributed by atoms with Gasteiger partial charge in [0.1, 0.15) is 17.7 Å². The SMILES string of the molecule is CSSN1CC(Oc2cncc(F)c2)C1. The second-order valence-electron chi connectivity index (χ2n) is 3.17. The van der Waals surface area contributed by atoms with Crippen molar-refractivity contribution in [3.8, 4) is 5.75 Å². The molecule has 2 rings (SSSR count). The smallest absolute Gasteiger partial charge is 0.145 e. The Bertz CT molecular complexity index is 334. The molecule has 3 nitrogen and oxygen atoms in total. The molecule has 1 saturated heterocycles. The van der Waals surface area contributed by atoms with Gasteiger partial charge in [0, 0.05) is 19.2 Å². The number of halogens is 1. The van der Waals surface area contributed by atoms with E-state index in [0.717, 1.165) is 13.1 Å². The van der Waals surface area contributed by atoms with E-state index < -0.39 is 0 Å². The van der Waals surface area contributed by atoms with Crippen molar-refractivity contribution < 1.29 is 9.13 Å². The fourth-order valence-electron chi connectivity index (χ4n) is 1.29. The van der Waals surface area contributed by atoms with Crippen LogP contribution < -0.4 is 4.74 Å². The van der Waals surface area contributed by atoms with Crippen LogP contribution in [0.2, 0.25) is 0 Å². The average molecular weight is 246 g/mol. The first kappa shape index (κ1) is 11.0. The molecule has 82 valence electrons. The molecular formula is C9H11FN2OS2. The van der Waals surface area contributed by atoms with Crippen LogP contribution in [-0.2, 0) is 0 Å². The van der Waals surface area contributed by atoms with E-state index in [4.69, 9.17) is 4.74 Å². The molecule has 0 bridgehead atoms. The summed E-state index contributed by atoms with van der Waals surface area (Å²) in [7, 11) is 3.43. The van der Waals surface area contributed by atoms with E-state index in [1.54, 1.807) is 21.8 Å². The van der Waals surface area contributed by atoms with E-state index in [2.05, 4.69) is 9.29 Å². The Kier molecular flexibility index (Phi) is 3.71.